The molecule has 21 heavy (non-hydrogen) atoms. The van der Waals surface area contributed by atoms with Gasteiger partial charge in [0.25, 0.3) is 0 Å². The average molecular weight is 289 g/mol. The van der Waals surface area contributed by atoms with E-state index in [2.05, 4.69) is 59.0 Å². The second kappa shape index (κ2) is 6.00. The van der Waals surface area contributed by atoms with Crippen LogP contribution >= 0.6 is 0 Å². The number of hydrogen-bond donors (Lipinski definition) is 1. The molecule has 0 spiro atoms. The quantitative estimate of drug-likeness (QED) is 0.849. The van der Waals surface area contributed by atoms with Crippen molar-refractivity contribution in [1.29, 1.82) is 0 Å². The van der Waals surface area contributed by atoms with Gasteiger partial charge in [-0.2, -0.15) is 0 Å². The molecule has 0 atom stereocenters. The van der Waals surface area contributed by atoms with Gasteiger partial charge in [0.1, 0.15) is 11.4 Å². The SMILES string of the molecule is Cc1ccc(C)c(OC2(CCNC(C)(C)C)CCC2)c1C. The first kappa shape index (κ1) is 16.4. The predicted molar refractivity (Wildman–Crippen MR) is 90.2 cm³/mol. The summed E-state index contributed by atoms with van der Waals surface area (Å²) in [5, 5.41) is 3.59. The zero-order chi connectivity index (χ0) is 15.7. The van der Waals surface area contributed by atoms with Crippen molar-refractivity contribution in [3.63, 3.8) is 0 Å². The lowest BCUT2D eigenvalue weighted by molar-refractivity contribution is -0.0163. The van der Waals surface area contributed by atoms with Gasteiger partial charge in [0.15, 0.2) is 0 Å². The molecule has 0 aromatic heterocycles. The van der Waals surface area contributed by atoms with Crippen LogP contribution in [-0.4, -0.2) is 17.7 Å². The average Bonchev–Trinajstić information content (AvgIpc) is 2.34. The lowest BCUT2D eigenvalue weighted by Crippen LogP contribution is -2.47. The van der Waals surface area contributed by atoms with Crippen LogP contribution in [0.5, 0.6) is 5.75 Å². The summed E-state index contributed by atoms with van der Waals surface area (Å²) >= 11 is 0. The topological polar surface area (TPSA) is 21.3 Å². The van der Waals surface area contributed by atoms with Gasteiger partial charge in [0.2, 0.25) is 0 Å². The van der Waals surface area contributed by atoms with Crippen molar-refractivity contribution in [2.24, 2.45) is 0 Å². The lowest BCUT2D eigenvalue weighted by Gasteiger charge is -2.43. The van der Waals surface area contributed by atoms with Gasteiger partial charge in [-0.1, -0.05) is 12.1 Å². The van der Waals surface area contributed by atoms with Crippen molar-refractivity contribution >= 4 is 0 Å². The van der Waals surface area contributed by atoms with Crippen molar-refractivity contribution in [3.8, 4) is 5.75 Å². The van der Waals surface area contributed by atoms with Crippen LogP contribution in [0.4, 0.5) is 0 Å². The molecule has 118 valence electrons. The standard InChI is InChI=1S/C19H31NO/c1-14-8-9-15(2)17(16(14)3)21-19(10-7-11-19)12-13-20-18(4,5)6/h8-9,20H,7,10-13H2,1-6H3. The lowest BCUT2D eigenvalue weighted by atomic mass is 9.77. The molecule has 0 heterocycles. The Balaban J connectivity index is 2.07. The Morgan fingerprint density at radius 2 is 1.71 bits per heavy atom. The van der Waals surface area contributed by atoms with Gasteiger partial charge in [-0.05, 0) is 90.5 Å². The summed E-state index contributed by atoms with van der Waals surface area (Å²) in [6, 6.07) is 4.36. The summed E-state index contributed by atoms with van der Waals surface area (Å²) in [4.78, 5) is 0. The number of ether oxygens (including phenoxy) is 1. The molecule has 1 aromatic carbocycles. The highest BCUT2D eigenvalue weighted by Crippen LogP contribution is 2.41. The largest absolute Gasteiger partial charge is 0.487 e. The fourth-order valence-corrected chi connectivity index (χ4v) is 2.94. The van der Waals surface area contributed by atoms with E-state index in [0.717, 1.165) is 18.7 Å². The Bertz CT molecular complexity index is 495. The smallest absolute Gasteiger partial charge is 0.126 e. The summed E-state index contributed by atoms with van der Waals surface area (Å²) < 4.78 is 6.56. The minimum atomic E-state index is 0.0571. The van der Waals surface area contributed by atoms with Crippen LogP contribution in [-0.2, 0) is 0 Å². The van der Waals surface area contributed by atoms with Crippen molar-refractivity contribution in [1.82, 2.24) is 5.32 Å². The summed E-state index contributed by atoms with van der Waals surface area (Å²) in [6.45, 7) is 14.2. The molecule has 1 aliphatic carbocycles. The van der Waals surface area contributed by atoms with E-state index < -0.39 is 0 Å². The Morgan fingerprint density at radius 1 is 1.10 bits per heavy atom. The van der Waals surface area contributed by atoms with Crippen LogP contribution < -0.4 is 10.1 Å². The maximum Gasteiger partial charge on any atom is 0.126 e. The molecule has 1 aliphatic rings. The number of hydrogen-bond acceptors (Lipinski definition) is 2. The normalized spacial score (nSPS) is 17.4. The predicted octanol–water partition coefficient (Wildman–Crippen LogP) is 4.69. The molecule has 0 aliphatic heterocycles. The van der Waals surface area contributed by atoms with Crippen molar-refractivity contribution < 1.29 is 4.74 Å². The summed E-state index contributed by atoms with van der Waals surface area (Å²) in [6.07, 6.45) is 4.76. The van der Waals surface area contributed by atoms with E-state index in [9.17, 15) is 0 Å². The van der Waals surface area contributed by atoms with Gasteiger partial charge < -0.3 is 10.1 Å². The van der Waals surface area contributed by atoms with Gasteiger partial charge >= 0.3 is 0 Å². The highest BCUT2D eigenvalue weighted by molar-refractivity contribution is 5.45. The molecular weight excluding hydrogens is 258 g/mol. The van der Waals surface area contributed by atoms with E-state index in [-0.39, 0.29) is 11.1 Å². The van der Waals surface area contributed by atoms with E-state index in [1.54, 1.807) is 0 Å². The molecule has 1 saturated carbocycles. The third kappa shape index (κ3) is 4.00. The first-order valence-corrected chi connectivity index (χ1v) is 8.23. The molecule has 0 saturated heterocycles. The molecule has 1 fully saturated rings. The molecule has 0 amide bonds. The third-order valence-electron chi connectivity index (χ3n) is 4.69. The number of nitrogens with one attached hydrogen (secondary N) is 1. The molecule has 0 radical (unpaired) electrons. The summed E-state index contributed by atoms with van der Waals surface area (Å²) in [5.41, 5.74) is 4.11. The molecule has 0 bridgehead atoms. The molecule has 2 nitrogen and oxygen atoms in total. The van der Waals surface area contributed by atoms with Crippen molar-refractivity contribution in [3.05, 3.63) is 28.8 Å². The van der Waals surface area contributed by atoms with Crippen LogP contribution in [0.25, 0.3) is 0 Å². The monoisotopic (exact) mass is 289 g/mol. The van der Waals surface area contributed by atoms with E-state index in [1.165, 1.54) is 36.0 Å². The first-order valence-electron chi connectivity index (χ1n) is 8.23. The maximum atomic E-state index is 6.56. The van der Waals surface area contributed by atoms with E-state index >= 15 is 0 Å². The zero-order valence-electron chi connectivity index (χ0n) is 14.6. The molecular formula is C19H31NO. The van der Waals surface area contributed by atoms with Gasteiger partial charge in [-0.15, -0.1) is 0 Å². The van der Waals surface area contributed by atoms with Gasteiger partial charge in [-0.25, -0.2) is 0 Å². The van der Waals surface area contributed by atoms with Gasteiger partial charge in [0, 0.05) is 5.54 Å². The van der Waals surface area contributed by atoms with Crippen LogP contribution in [0.3, 0.4) is 0 Å². The molecule has 1 N–H and O–H groups in total. The first-order chi connectivity index (χ1) is 9.72. The minimum absolute atomic E-state index is 0.0571. The second-order valence-corrected chi connectivity index (χ2v) is 7.72. The summed E-state index contributed by atoms with van der Waals surface area (Å²) in [7, 11) is 0. The van der Waals surface area contributed by atoms with Crippen molar-refractivity contribution in [2.75, 3.05) is 6.54 Å². The Hall–Kier alpha value is -1.02. The highest BCUT2D eigenvalue weighted by Gasteiger charge is 2.39. The van der Waals surface area contributed by atoms with E-state index in [4.69, 9.17) is 4.74 Å². The van der Waals surface area contributed by atoms with Crippen LogP contribution in [0.2, 0.25) is 0 Å². The second-order valence-electron chi connectivity index (χ2n) is 7.72. The Labute approximate surface area is 130 Å². The molecule has 2 rings (SSSR count). The molecule has 2 heteroatoms. The minimum Gasteiger partial charge on any atom is -0.487 e. The fourth-order valence-electron chi connectivity index (χ4n) is 2.94. The van der Waals surface area contributed by atoms with Crippen LogP contribution in [0.1, 0.15) is 63.1 Å². The van der Waals surface area contributed by atoms with E-state index in [0.29, 0.717) is 0 Å². The van der Waals surface area contributed by atoms with Crippen molar-refractivity contribution in [2.45, 2.75) is 78.4 Å². The fraction of sp³-hybridized carbons (Fsp3) is 0.684. The van der Waals surface area contributed by atoms with Crippen LogP contribution in [0.15, 0.2) is 12.1 Å². The number of aryl methyl sites for hydroxylation is 2. The zero-order valence-corrected chi connectivity index (χ0v) is 14.6. The maximum absolute atomic E-state index is 6.56. The number of rotatable bonds is 5. The molecule has 0 unspecified atom stereocenters. The van der Waals surface area contributed by atoms with Gasteiger partial charge in [0.05, 0.1) is 0 Å². The van der Waals surface area contributed by atoms with E-state index in [1.807, 2.05) is 0 Å². The Morgan fingerprint density at radius 3 is 2.24 bits per heavy atom. The summed E-state index contributed by atoms with van der Waals surface area (Å²) in [5.74, 6) is 1.12. The van der Waals surface area contributed by atoms with Gasteiger partial charge in [-0.3, -0.25) is 0 Å². The third-order valence-corrected chi connectivity index (χ3v) is 4.69. The molecule has 1 aromatic rings. The van der Waals surface area contributed by atoms with Crippen LogP contribution in [0, 0.1) is 20.8 Å². The Kier molecular flexibility index (Phi) is 4.67. The highest BCUT2D eigenvalue weighted by atomic mass is 16.5. The number of benzene rings is 1.